The standard InChI is InChI=1S/C42H86N4O4/c1-3-5-7-21-27-39(47)29-23-17-13-9-11-15-19-25-31-41(49)45-37-35-43-33-34-44-36-38-46-42(50)32-26-20-16-12-10-14-18-24-30-40(48)28-22-8-6-4-2/h39-40,43-44,47-48H,3-38H2,1-2H3,(H,45,49)(H,46,50). The Hall–Kier alpha value is -1.22. The summed E-state index contributed by atoms with van der Waals surface area (Å²) in [4.78, 5) is 24.1. The molecule has 8 nitrogen and oxygen atoms in total. The van der Waals surface area contributed by atoms with E-state index in [4.69, 9.17) is 0 Å². The first kappa shape index (κ1) is 48.8. The number of amides is 2. The van der Waals surface area contributed by atoms with Gasteiger partial charge < -0.3 is 31.5 Å². The number of carbonyl (C=O) groups is 2. The third-order valence-electron chi connectivity index (χ3n) is 9.89. The van der Waals surface area contributed by atoms with Gasteiger partial charge in [-0.2, -0.15) is 0 Å². The van der Waals surface area contributed by atoms with Gasteiger partial charge in [-0.25, -0.2) is 0 Å². The molecule has 0 aromatic heterocycles. The van der Waals surface area contributed by atoms with E-state index >= 15 is 0 Å². The van der Waals surface area contributed by atoms with Crippen molar-refractivity contribution in [3.8, 4) is 0 Å². The van der Waals surface area contributed by atoms with Crippen molar-refractivity contribution < 1.29 is 19.8 Å². The number of aliphatic hydroxyl groups is 2. The second-order valence-corrected chi connectivity index (χ2v) is 14.9. The minimum Gasteiger partial charge on any atom is -0.393 e. The fourth-order valence-corrected chi connectivity index (χ4v) is 6.54. The van der Waals surface area contributed by atoms with Crippen molar-refractivity contribution in [1.82, 2.24) is 21.3 Å². The van der Waals surface area contributed by atoms with Crippen LogP contribution in [0.1, 0.15) is 206 Å². The maximum atomic E-state index is 12.1. The van der Waals surface area contributed by atoms with Crippen molar-refractivity contribution >= 4 is 11.8 Å². The van der Waals surface area contributed by atoms with Gasteiger partial charge in [0.2, 0.25) is 11.8 Å². The second-order valence-electron chi connectivity index (χ2n) is 14.9. The van der Waals surface area contributed by atoms with Gasteiger partial charge in [-0.05, 0) is 38.5 Å². The van der Waals surface area contributed by atoms with Crippen LogP contribution in [0.3, 0.4) is 0 Å². The number of nitrogens with one attached hydrogen (secondary N) is 4. The zero-order valence-corrected chi connectivity index (χ0v) is 33.3. The third-order valence-corrected chi connectivity index (χ3v) is 9.89. The van der Waals surface area contributed by atoms with Crippen molar-refractivity contribution in [1.29, 1.82) is 0 Å². The lowest BCUT2D eigenvalue weighted by molar-refractivity contribution is -0.122. The van der Waals surface area contributed by atoms with Gasteiger partial charge in [-0.3, -0.25) is 9.59 Å². The molecule has 0 fully saturated rings. The molecule has 0 aromatic carbocycles. The van der Waals surface area contributed by atoms with Crippen molar-refractivity contribution in [3.63, 3.8) is 0 Å². The van der Waals surface area contributed by atoms with Crippen LogP contribution in [-0.2, 0) is 9.59 Å². The van der Waals surface area contributed by atoms with Crippen LogP contribution in [0.15, 0.2) is 0 Å². The highest BCUT2D eigenvalue weighted by molar-refractivity contribution is 5.76. The largest absolute Gasteiger partial charge is 0.393 e. The Morgan fingerprint density at radius 3 is 0.960 bits per heavy atom. The molecule has 2 atom stereocenters. The third kappa shape index (κ3) is 39.6. The van der Waals surface area contributed by atoms with Crippen LogP contribution >= 0.6 is 0 Å². The van der Waals surface area contributed by atoms with Crippen LogP contribution in [0.2, 0.25) is 0 Å². The van der Waals surface area contributed by atoms with Gasteiger partial charge in [0.1, 0.15) is 0 Å². The fourth-order valence-electron chi connectivity index (χ4n) is 6.54. The summed E-state index contributed by atoms with van der Waals surface area (Å²) in [6.07, 6.45) is 33.8. The maximum Gasteiger partial charge on any atom is 0.220 e. The van der Waals surface area contributed by atoms with Gasteiger partial charge in [-0.1, -0.05) is 155 Å². The molecule has 0 aliphatic carbocycles. The van der Waals surface area contributed by atoms with Crippen molar-refractivity contribution in [2.45, 2.75) is 219 Å². The Bertz CT molecular complexity index is 653. The number of aliphatic hydroxyl groups excluding tert-OH is 2. The Balaban J connectivity index is 3.30. The second kappa shape index (κ2) is 40.5. The molecule has 50 heavy (non-hydrogen) atoms. The van der Waals surface area contributed by atoms with Crippen molar-refractivity contribution in [2.75, 3.05) is 39.3 Å². The summed E-state index contributed by atoms with van der Waals surface area (Å²) in [5.41, 5.74) is 0. The molecule has 0 rings (SSSR count). The van der Waals surface area contributed by atoms with E-state index in [1.54, 1.807) is 0 Å². The van der Waals surface area contributed by atoms with E-state index in [0.717, 1.165) is 90.4 Å². The van der Waals surface area contributed by atoms with Gasteiger partial charge in [0.05, 0.1) is 12.2 Å². The van der Waals surface area contributed by atoms with Crippen molar-refractivity contribution in [3.05, 3.63) is 0 Å². The Kier molecular flexibility index (Phi) is 39.6. The molecule has 0 saturated heterocycles. The lowest BCUT2D eigenvalue weighted by Crippen LogP contribution is -2.37. The van der Waals surface area contributed by atoms with E-state index in [1.165, 1.54) is 116 Å². The predicted molar refractivity (Wildman–Crippen MR) is 214 cm³/mol. The number of hydrogen-bond donors (Lipinski definition) is 6. The van der Waals surface area contributed by atoms with Gasteiger partial charge in [0, 0.05) is 52.1 Å². The lowest BCUT2D eigenvalue weighted by atomic mass is 10.0. The first-order valence-corrected chi connectivity index (χ1v) is 21.8. The highest BCUT2D eigenvalue weighted by Gasteiger charge is 2.06. The maximum absolute atomic E-state index is 12.1. The molecular formula is C42H86N4O4. The van der Waals surface area contributed by atoms with E-state index < -0.39 is 0 Å². The molecule has 6 N–H and O–H groups in total. The minimum absolute atomic E-state index is 0.0957. The Morgan fingerprint density at radius 2 is 0.640 bits per heavy atom. The molecule has 8 heteroatoms. The number of unbranched alkanes of at least 4 members (excludes halogenated alkanes) is 20. The normalized spacial score (nSPS) is 12.6. The first-order chi connectivity index (χ1) is 24.5. The van der Waals surface area contributed by atoms with E-state index in [-0.39, 0.29) is 24.0 Å². The molecule has 0 bridgehead atoms. The van der Waals surface area contributed by atoms with Crippen LogP contribution in [0.5, 0.6) is 0 Å². The van der Waals surface area contributed by atoms with Crippen LogP contribution in [0.4, 0.5) is 0 Å². The minimum atomic E-state index is -0.0957. The SMILES string of the molecule is CCCCCCC(O)CCCCCCCCCCC(=O)NCCNCCNCCNC(=O)CCCCCCCCCCC(O)CCCCCC. The highest BCUT2D eigenvalue weighted by Crippen LogP contribution is 2.16. The number of hydrogen-bond acceptors (Lipinski definition) is 6. The fraction of sp³-hybridized carbons (Fsp3) is 0.952. The quantitative estimate of drug-likeness (QED) is 0.0353. The van der Waals surface area contributed by atoms with E-state index in [1.807, 2.05) is 0 Å². The zero-order valence-electron chi connectivity index (χ0n) is 33.3. The van der Waals surface area contributed by atoms with Gasteiger partial charge >= 0.3 is 0 Å². The van der Waals surface area contributed by atoms with Crippen LogP contribution in [-0.4, -0.2) is 73.5 Å². The topological polar surface area (TPSA) is 123 Å². The molecule has 0 aliphatic rings. The molecule has 2 unspecified atom stereocenters. The van der Waals surface area contributed by atoms with Crippen LogP contribution in [0.25, 0.3) is 0 Å². The van der Waals surface area contributed by atoms with Gasteiger partial charge in [0.15, 0.2) is 0 Å². The van der Waals surface area contributed by atoms with Gasteiger partial charge in [0.25, 0.3) is 0 Å². The summed E-state index contributed by atoms with van der Waals surface area (Å²) in [5.74, 6) is 0.306. The zero-order chi connectivity index (χ0) is 36.6. The predicted octanol–water partition coefficient (Wildman–Crippen LogP) is 8.86. The molecule has 0 spiro atoms. The Morgan fingerprint density at radius 1 is 0.380 bits per heavy atom. The summed E-state index contributed by atoms with van der Waals surface area (Å²) < 4.78 is 0. The average Bonchev–Trinajstić information content (AvgIpc) is 3.11. The summed E-state index contributed by atoms with van der Waals surface area (Å²) in [6, 6.07) is 0. The van der Waals surface area contributed by atoms with E-state index in [0.29, 0.717) is 25.9 Å². The van der Waals surface area contributed by atoms with Crippen LogP contribution < -0.4 is 21.3 Å². The average molecular weight is 711 g/mol. The van der Waals surface area contributed by atoms with E-state index in [9.17, 15) is 19.8 Å². The number of rotatable bonds is 41. The monoisotopic (exact) mass is 711 g/mol. The molecule has 0 saturated carbocycles. The lowest BCUT2D eigenvalue weighted by Gasteiger charge is -2.10. The molecule has 0 aromatic rings. The Labute approximate surface area is 310 Å². The molecule has 298 valence electrons. The van der Waals surface area contributed by atoms with Crippen molar-refractivity contribution in [2.24, 2.45) is 0 Å². The molecule has 0 radical (unpaired) electrons. The van der Waals surface area contributed by atoms with Gasteiger partial charge in [-0.15, -0.1) is 0 Å². The summed E-state index contributed by atoms with van der Waals surface area (Å²) in [5, 5.41) is 32.8. The molecule has 0 heterocycles. The van der Waals surface area contributed by atoms with Crippen LogP contribution in [0, 0.1) is 0 Å². The molecule has 0 aliphatic heterocycles. The first-order valence-electron chi connectivity index (χ1n) is 21.8. The summed E-state index contributed by atoms with van der Waals surface area (Å²) in [6.45, 7) is 8.97. The highest BCUT2D eigenvalue weighted by atomic mass is 16.3. The summed E-state index contributed by atoms with van der Waals surface area (Å²) in [7, 11) is 0. The van der Waals surface area contributed by atoms with E-state index in [2.05, 4.69) is 35.1 Å². The summed E-state index contributed by atoms with van der Waals surface area (Å²) >= 11 is 0. The molecule has 2 amide bonds. The number of carbonyl (C=O) groups excluding carboxylic acids is 2. The molecular weight excluding hydrogens is 624 g/mol. The smallest absolute Gasteiger partial charge is 0.220 e.